The number of aromatic hydroxyl groups is 1. The highest BCUT2D eigenvalue weighted by Crippen LogP contribution is 2.44. The third-order valence-corrected chi connectivity index (χ3v) is 5.28. The Hall–Kier alpha value is -2.93. The highest BCUT2D eigenvalue weighted by Gasteiger charge is 2.41. The van der Waals surface area contributed by atoms with Crippen LogP contribution in [0.25, 0.3) is 0 Å². The second kappa shape index (κ2) is 12.5. The van der Waals surface area contributed by atoms with Crippen molar-refractivity contribution in [2.75, 3.05) is 26.4 Å². The van der Waals surface area contributed by atoms with Gasteiger partial charge in [0.1, 0.15) is 22.8 Å². The van der Waals surface area contributed by atoms with Crippen LogP contribution >= 0.6 is 0 Å². The maximum Gasteiger partial charge on any atom is 0.203 e. The van der Waals surface area contributed by atoms with Crippen molar-refractivity contribution in [3.8, 4) is 28.7 Å². The fourth-order valence-electron chi connectivity index (χ4n) is 3.71. The molecule has 186 valence electrons. The van der Waals surface area contributed by atoms with Gasteiger partial charge in [-0.1, -0.05) is 33.8 Å². The minimum Gasteiger partial charge on any atom is -0.507 e. The van der Waals surface area contributed by atoms with E-state index in [4.69, 9.17) is 23.7 Å². The number of fused-ring (bicyclic) bond motifs is 1. The molecule has 0 fully saturated rings. The second-order valence-corrected chi connectivity index (χ2v) is 8.26. The number of carbonyl (C=O) groups is 1. The fraction of sp³-hybridized carbons (Fsp3) is 0.519. The third-order valence-electron chi connectivity index (χ3n) is 5.28. The van der Waals surface area contributed by atoms with E-state index < -0.39 is 12.2 Å². The average molecular weight is 473 g/mol. The molecule has 2 aromatic carbocycles. The number of Topliss-reactive ketones (excluding diaryl/α,β-unsaturated/α-hetero) is 1. The zero-order valence-corrected chi connectivity index (χ0v) is 20.6. The van der Waals surface area contributed by atoms with Crippen LogP contribution in [0.1, 0.15) is 75.4 Å². The predicted molar refractivity (Wildman–Crippen MR) is 130 cm³/mol. The topological polar surface area (TPSA) is 83.5 Å². The normalized spacial score (nSPS) is 17.1. The standard InChI is InChI=1S/C27H36O7/c1-5-11-30-19-16-20(28)24-23(17-19)34-26(27(25(24)29)33-14-8-4)18-9-10-21(31-12-6-2)22(15-18)32-13-7-3/h9-10,15-17,26-28H,5-8,11-14H2,1-4H3. The van der Waals surface area contributed by atoms with Crippen molar-refractivity contribution in [1.82, 2.24) is 0 Å². The average Bonchev–Trinajstić information content (AvgIpc) is 2.84. The van der Waals surface area contributed by atoms with E-state index in [9.17, 15) is 9.90 Å². The summed E-state index contributed by atoms with van der Waals surface area (Å²) in [6.07, 6.45) is 1.68. The van der Waals surface area contributed by atoms with Crippen molar-refractivity contribution in [3.05, 3.63) is 41.5 Å². The summed E-state index contributed by atoms with van der Waals surface area (Å²) in [5, 5.41) is 10.6. The van der Waals surface area contributed by atoms with Crippen molar-refractivity contribution < 1.29 is 33.6 Å². The second-order valence-electron chi connectivity index (χ2n) is 8.26. The highest BCUT2D eigenvalue weighted by molar-refractivity contribution is 6.05. The van der Waals surface area contributed by atoms with Gasteiger partial charge in [-0.25, -0.2) is 0 Å². The third kappa shape index (κ3) is 5.95. The molecule has 0 saturated heterocycles. The Morgan fingerprint density at radius 1 is 0.824 bits per heavy atom. The van der Waals surface area contributed by atoms with E-state index in [1.807, 2.05) is 45.9 Å². The molecular formula is C27H36O7. The predicted octanol–water partition coefficient (Wildman–Crippen LogP) is 5.87. The van der Waals surface area contributed by atoms with E-state index in [0.29, 0.717) is 43.7 Å². The maximum atomic E-state index is 13.5. The van der Waals surface area contributed by atoms with Gasteiger partial charge in [0.15, 0.2) is 23.7 Å². The van der Waals surface area contributed by atoms with Crippen molar-refractivity contribution in [2.24, 2.45) is 0 Å². The van der Waals surface area contributed by atoms with Crippen LogP contribution in [0, 0.1) is 0 Å². The van der Waals surface area contributed by atoms with E-state index in [-0.39, 0.29) is 22.8 Å². The summed E-state index contributed by atoms with van der Waals surface area (Å²) in [4.78, 5) is 13.5. The van der Waals surface area contributed by atoms with E-state index in [1.165, 1.54) is 6.07 Å². The molecule has 0 spiro atoms. The molecule has 2 atom stereocenters. The number of hydrogen-bond acceptors (Lipinski definition) is 7. The van der Waals surface area contributed by atoms with Crippen LogP contribution in [0.3, 0.4) is 0 Å². The van der Waals surface area contributed by atoms with Gasteiger partial charge in [0.25, 0.3) is 0 Å². The van der Waals surface area contributed by atoms with Crippen molar-refractivity contribution >= 4 is 5.78 Å². The molecule has 2 unspecified atom stereocenters. The Morgan fingerprint density at radius 2 is 1.47 bits per heavy atom. The Kier molecular flexibility index (Phi) is 9.45. The van der Waals surface area contributed by atoms with Gasteiger partial charge in [0, 0.05) is 18.7 Å². The number of hydrogen-bond donors (Lipinski definition) is 1. The van der Waals surface area contributed by atoms with Crippen LogP contribution in [-0.2, 0) is 4.74 Å². The molecule has 7 heteroatoms. The number of phenols is 1. The van der Waals surface area contributed by atoms with Crippen LogP contribution in [-0.4, -0.2) is 43.4 Å². The van der Waals surface area contributed by atoms with E-state index >= 15 is 0 Å². The quantitative estimate of drug-likeness (QED) is 0.390. The first kappa shape index (κ1) is 25.7. The van der Waals surface area contributed by atoms with Crippen LogP contribution in [0.2, 0.25) is 0 Å². The molecule has 0 saturated carbocycles. The molecule has 7 nitrogen and oxygen atoms in total. The van der Waals surface area contributed by atoms with Gasteiger partial charge in [0.05, 0.1) is 19.8 Å². The Morgan fingerprint density at radius 3 is 2.15 bits per heavy atom. The molecule has 1 heterocycles. The molecule has 0 radical (unpaired) electrons. The first-order valence-electron chi connectivity index (χ1n) is 12.3. The molecular weight excluding hydrogens is 436 g/mol. The smallest absolute Gasteiger partial charge is 0.203 e. The summed E-state index contributed by atoms with van der Waals surface area (Å²) in [6.45, 7) is 10.1. The van der Waals surface area contributed by atoms with Crippen molar-refractivity contribution in [1.29, 1.82) is 0 Å². The number of phenolic OH excluding ortho intramolecular Hbond substituents is 1. The molecule has 34 heavy (non-hydrogen) atoms. The lowest BCUT2D eigenvalue weighted by atomic mass is 9.92. The van der Waals surface area contributed by atoms with E-state index in [2.05, 4.69) is 0 Å². The minimum absolute atomic E-state index is 0.117. The molecule has 0 amide bonds. The molecule has 2 aromatic rings. The number of ether oxygens (including phenoxy) is 5. The van der Waals surface area contributed by atoms with Gasteiger partial charge in [-0.15, -0.1) is 0 Å². The van der Waals surface area contributed by atoms with Gasteiger partial charge in [-0.3, -0.25) is 4.79 Å². The maximum absolute atomic E-state index is 13.5. The van der Waals surface area contributed by atoms with Gasteiger partial charge in [-0.05, 0) is 43.4 Å². The van der Waals surface area contributed by atoms with Gasteiger partial charge >= 0.3 is 0 Å². The van der Waals surface area contributed by atoms with E-state index in [0.717, 1.165) is 31.2 Å². The van der Waals surface area contributed by atoms with Crippen LogP contribution < -0.4 is 18.9 Å². The number of ketones is 1. The summed E-state index contributed by atoms with van der Waals surface area (Å²) in [5.41, 5.74) is 0.848. The monoisotopic (exact) mass is 472 g/mol. The molecule has 0 aliphatic carbocycles. The number of carbonyl (C=O) groups excluding carboxylic acids is 1. The minimum atomic E-state index is -0.901. The lowest BCUT2D eigenvalue weighted by Crippen LogP contribution is -2.38. The molecule has 3 rings (SSSR count). The first-order chi connectivity index (χ1) is 16.5. The largest absolute Gasteiger partial charge is 0.507 e. The fourth-order valence-corrected chi connectivity index (χ4v) is 3.71. The van der Waals surface area contributed by atoms with E-state index in [1.54, 1.807) is 6.07 Å². The summed E-state index contributed by atoms with van der Waals surface area (Å²) in [7, 11) is 0. The summed E-state index contributed by atoms with van der Waals surface area (Å²) < 4.78 is 29.7. The first-order valence-corrected chi connectivity index (χ1v) is 12.3. The summed E-state index contributed by atoms with van der Waals surface area (Å²) >= 11 is 0. The molecule has 1 N–H and O–H groups in total. The molecule has 1 aliphatic rings. The zero-order valence-electron chi connectivity index (χ0n) is 20.6. The zero-order chi connectivity index (χ0) is 24.5. The number of rotatable bonds is 13. The van der Waals surface area contributed by atoms with Gasteiger partial charge in [-0.2, -0.15) is 0 Å². The molecule has 1 aliphatic heterocycles. The van der Waals surface area contributed by atoms with Crippen LogP contribution in [0.5, 0.6) is 28.7 Å². The molecule has 0 bridgehead atoms. The van der Waals surface area contributed by atoms with Crippen molar-refractivity contribution in [2.45, 2.75) is 65.6 Å². The lowest BCUT2D eigenvalue weighted by molar-refractivity contribution is -0.0220. The Bertz CT molecular complexity index is 956. The lowest BCUT2D eigenvalue weighted by Gasteiger charge is -2.33. The highest BCUT2D eigenvalue weighted by atomic mass is 16.6. The Labute approximate surface area is 201 Å². The SMILES string of the molecule is CCCOc1cc(O)c2c(c1)OC(c1ccc(OCCC)c(OCCC)c1)C(OCCC)C2=O. The van der Waals surface area contributed by atoms with Crippen molar-refractivity contribution in [3.63, 3.8) is 0 Å². The number of benzene rings is 2. The summed E-state index contributed by atoms with van der Waals surface area (Å²) in [5.74, 6) is 1.49. The summed E-state index contributed by atoms with van der Waals surface area (Å²) in [6, 6.07) is 8.66. The van der Waals surface area contributed by atoms with Gasteiger partial charge in [0.2, 0.25) is 5.78 Å². The van der Waals surface area contributed by atoms with Crippen LogP contribution in [0.15, 0.2) is 30.3 Å². The van der Waals surface area contributed by atoms with Gasteiger partial charge < -0.3 is 28.8 Å². The molecule has 0 aromatic heterocycles. The Balaban J connectivity index is 2.01. The van der Waals surface area contributed by atoms with Crippen LogP contribution in [0.4, 0.5) is 0 Å².